The number of anilines is 1. The number of benzene rings is 2. The summed E-state index contributed by atoms with van der Waals surface area (Å²) in [6.07, 6.45) is 0. The minimum atomic E-state index is -0.544. The summed E-state index contributed by atoms with van der Waals surface area (Å²) in [5, 5.41) is 10.8. The highest BCUT2D eigenvalue weighted by Gasteiger charge is 2.23. The van der Waals surface area contributed by atoms with E-state index in [-0.39, 0.29) is 28.2 Å². The molecule has 0 aliphatic rings. The molecule has 0 saturated carbocycles. The first kappa shape index (κ1) is 16.0. The lowest BCUT2D eigenvalue weighted by molar-refractivity contribution is -0.384. The fourth-order valence-corrected chi connectivity index (χ4v) is 2.41. The second kappa shape index (κ2) is 6.58. The number of nitro groups is 1. The Morgan fingerprint density at radius 2 is 1.82 bits per heavy atom. The largest absolute Gasteiger partial charge is 0.306 e. The van der Waals surface area contributed by atoms with Crippen molar-refractivity contribution in [2.45, 2.75) is 19.9 Å². The van der Waals surface area contributed by atoms with Crippen molar-refractivity contribution in [3.8, 4) is 0 Å². The standard InChI is InChI=1S/C16H15ClN2O3/c1-11(2)18(12-6-4-3-5-7-12)16(20)14-9-8-13(19(21)22)10-15(14)17/h3-11H,1-2H3. The van der Waals surface area contributed by atoms with Gasteiger partial charge in [0.2, 0.25) is 0 Å². The number of carbonyl (C=O) groups excluding carboxylic acids is 1. The first-order valence-electron chi connectivity index (χ1n) is 6.74. The third kappa shape index (κ3) is 3.26. The molecule has 2 aromatic rings. The minimum absolute atomic E-state index is 0.0702. The van der Waals surface area contributed by atoms with E-state index in [0.29, 0.717) is 0 Å². The topological polar surface area (TPSA) is 63.5 Å². The predicted molar refractivity (Wildman–Crippen MR) is 86.5 cm³/mol. The number of para-hydroxylation sites is 1. The molecule has 0 aliphatic carbocycles. The molecule has 0 heterocycles. The summed E-state index contributed by atoms with van der Waals surface area (Å²) in [4.78, 5) is 24.6. The Balaban J connectivity index is 2.42. The number of halogens is 1. The Hall–Kier alpha value is -2.40. The molecule has 0 N–H and O–H groups in total. The van der Waals surface area contributed by atoms with Crippen molar-refractivity contribution >= 4 is 28.9 Å². The molecule has 22 heavy (non-hydrogen) atoms. The first-order valence-corrected chi connectivity index (χ1v) is 7.12. The quantitative estimate of drug-likeness (QED) is 0.623. The summed E-state index contributed by atoms with van der Waals surface area (Å²) >= 11 is 6.05. The molecule has 5 nitrogen and oxygen atoms in total. The smallest absolute Gasteiger partial charge is 0.270 e. The third-order valence-corrected chi connectivity index (χ3v) is 3.48. The monoisotopic (exact) mass is 318 g/mol. The fourth-order valence-electron chi connectivity index (χ4n) is 2.16. The molecule has 0 aromatic heterocycles. The van der Waals surface area contributed by atoms with Gasteiger partial charge in [0, 0.05) is 23.9 Å². The summed E-state index contributed by atoms with van der Waals surface area (Å²) in [7, 11) is 0. The van der Waals surface area contributed by atoms with Crippen LogP contribution >= 0.6 is 11.6 Å². The van der Waals surface area contributed by atoms with Crippen LogP contribution in [0.2, 0.25) is 5.02 Å². The second-order valence-electron chi connectivity index (χ2n) is 5.03. The van der Waals surface area contributed by atoms with Crippen LogP contribution in [-0.2, 0) is 0 Å². The molecule has 6 heteroatoms. The first-order chi connectivity index (χ1) is 10.4. The number of hydrogen-bond donors (Lipinski definition) is 0. The van der Waals surface area contributed by atoms with Crippen molar-refractivity contribution in [3.05, 3.63) is 69.2 Å². The average molecular weight is 319 g/mol. The number of rotatable bonds is 4. The van der Waals surface area contributed by atoms with Gasteiger partial charge in [0.25, 0.3) is 11.6 Å². The normalized spacial score (nSPS) is 10.5. The molecule has 2 rings (SSSR count). The zero-order valence-electron chi connectivity index (χ0n) is 12.2. The van der Waals surface area contributed by atoms with Crippen molar-refractivity contribution in [2.75, 3.05) is 4.90 Å². The SMILES string of the molecule is CC(C)N(C(=O)c1ccc([N+](=O)[O-])cc1Cl)c1ccccc1. The van der Waals surface area contributed by atoms with Crippen LogP contribution in [0.5, 0.6) is 0 Å². The van der Waals surface area contributed by atoms with E-state index in [4.69, 9.17) is 11.6 Å². The Labute approximate surface area is 133 Å². The molecule has 0 bridgehead atoms. The van der Waals surface area contributed by atoms with Crippen LogP contribution in [0.4, 0.5) is 11.4 Å². The Kier molecular flexibility index (Phi) is 4.78. The molecular formula is C16H15ClN2O3. The number of amides is 1. The van der Waals surface area contributed by atoms with Crippen LogP contribution in [0.1, 0.15) is 24.2 Å². The summed E-state index contributed by atoms with van der Waals surface area (Å²) in [5.41, 5.74) is 0.846. The number of carbonyl (C=O) groups is 1. The lowest BCUT2D eigenvalue weighted by atomic mass is 10.1. The lowest BCUT2D eigenvalue weighted by Gasteiger charge is -2.27. The molecule has 1 amide bonds. The van der Waals surface area contributed by atoms with Gasteiger partial charge in [-0.25, -0.2) is 0 Å². The Bertz CT molecular complexity index is 702. The summed E-state index contributed by atoms with van der Waals surface area (Å²) in [5.74, 6) is -0.291. The van der Waals surface area contributed by atoms with E-state index in [0.717, 1.165) is 5.69 Å². The molecule has 2 aromatic carbocycles. The molecule has 0 aliphatic heterocycles. The van der Waals surface area contributed by atoms with Gasteiger partial charge in [-0.05, 0) is 32.0 Å². The summed E-state index contributed by atoms with van der Waals surface area (Å²) in [6.45, 7) is 3.79. The predicted octanol–water partition coefficient (Wildman–Crippen LogP) is 4.30. The van der Waals surface area contributed by atoms with Crippen LogP contribution in [-0.4, -0.2) is 16.9 Å². The van der Waals surface area contributed by atoms with Crippen molar-refractivity contribution in [1.29, 1.82) is 0 Å². The van der Waals surface area contributed by atoms with E-state index >= 15 is 0 Å². The van der Waals surface area contributed by atoms with Gasteiger partial charge < -0.3 is 4.90 Å². The third-order valence-electron chi connectivity index (χ3n) is 3.16. The van der Waals surface area contributed by atoms with Crippen molar-refractivity contribution in [1.82, 2.24) is 0 Å². The van der Waals surface area contributed by atoms with Crippen molar-refractivity contribution in [2.24, 2.45) is 0 Å². The number of nitrogens with zero attached hydrogens (tertiary/aromatic N) is 2. The summed E-state index contributed by atoms with van der Waals surface area (Å²) < 4.78 is 0. The van der Waals surface area contributed by atoms with Gasteiger partial charge in [-0.2, -0.15) is 0 Å². The second-order valence-corrected chi connectivity index (χ2v) is 5.43. The maximum atomic E-state index is 12.8. The van der Waals surface area contributed by atoms with E-state index in [1.54, 1.807) is 4.90 Å². The Morgan fingerprint density at radius 3 is 2.32 bits per heavy atom. The molecular weight excluding hydrogens is 304 g/mol. The number of nitro benzene ring substituents is 1. The zero-order chi connectivity index (χ0) is 16.3. The van der Waals surface area contributed by atoms with Crippen LogP contribution in [0, 0.1) is 10.1 Å². The zero-order valence-corrected chi connectivity index (χ0v) is 12.9. The highest BCUT2D eigenvalue weighted by molar-refractivity contribution is 6.34. The lowest BCUT2D eigenvalue weighted by Crippen LogP contribution is -2.37. The molecule has 0 spiro atoms. The minimum Gasteiger partial charge on any atom is -0.306 e. The van der Waals surface area contributed by atoms with E-state index in [2.05, 4.69) is 0 Å². The molecule has 0 unspecified atom stereocenters. The van der Waals surface area contributed by atoms with Crippen LogP contribution in [0.25, 0.3) is 0 Å². The van der Waals surface area contributed by atoms with Gasteiger partial charge in [-0.1, -0.05) is 29.8 Å². The average Bonchev–Trinajstić information content (AvgIpc) is 2.47. The van der Waals surface area contributed by atoms with E-state index in [1.807, 2.05) is 44.2 Å². The van der Waals surface area contributed by atoms with E-state index in [9.17, 15) is 14.9 Å². The van der Waals surface area contributed by atoms with Gasteiger partial charge in [0.1, 0.15) is 0 Å². The number of hydrogen-bond acceptors (Lipinski definition) is 3. The maximum absolute atomic E-state index is 12.8. The van der Waals surface area contributed by atoms with Gasteiger partial charge in [0.05, 0.1) is 15.5 Å². The molecule has 114 valence electrons. The maximum Gasteiger partial charge on any atom is 0.270 e. The summed E-state index contributed by atoms with van der Waals surface area (Å²) in [6, 6.07) is 13.0. The van der Waals surface area contributed by atoms with Crippen LogP contribution in [0.3, 0.4) is 0 Å². The highest BCUT2D eigenvalue weighted by Crippen LogP contribution is 2.26. The molecule has 0 atom stereocenters. The van der Waals surface area contributed by atoms with Gasteiger partial charge in [0.15, 0.2) is 0 Å². The van der Waals surface area contributed by atoms with Crippen molar-refractivity contribution in [3.63, 3.8) is 0 Å². The van der Waals surface area contributed by atoms with Crippen molar-refractivity contribution < 1.29 is 9.72 Å². The van der Waals surface area contributed by atoms with Gasteiger partial charge in [-0.15, -0.1) is 0 Å². The molecule has 0 fully saturated rings. The molecule has 0 radical (unpaired) electrons. The fraction of sp³-hybridized carbons (Fsp3) is 0.188. The number of non-ortho nitro benzene ring substituents is 1. The van der Waals surface area contributed by atoms with Gasteiger partial charge >= 0.3 is 0 Å². The highest BCUT2D eigenvalue weighted by atomic mass is 35.5. The van der Waals surface area contributed by atoms with Crippen LogP contribution < -0.4 is 4.90 Å². The molecule has 0 saturated heterocycles. The van der Waals surface area contributed by atoms with E-state index < -0.39 is 4.92 Å². The van der Waals surface area contributed by atoms with Gasteiger partial charge in [-0.3, -0.25) is 14.9 Å². The van der Waals surface area contributed by atoms with E-state index in [1.165, 1.54) is 18.2 Å². The van der Waals surface area contributed by atoms with Crippen LogP contribution in [0.15, 0.2) is 48.5 Å². The Morgan fingerprint density at radius 1 is 1.18 bits per heavy atom.